The molecular formula is C16H24BrNOS. The zero-order valence-corrected chi connectivity index (χ0v) is 14.9. The topological polar surface area (TPSA) is 21.3 Å². The largest absolute Gasteiger partial charge is 0.377 e. The maximum Gasteiger partial charge on any atom is 0.0669 e. The fourth-order valence-electron chi connectivity index (χ4n) is 2.31. The highest BCUT2D eigenvalue weighted by Crippen LogP contribution is 2.35. The Hall–Kier alpha value is -0.0300. The van der Waals surface area contributed by atoms with Crippen molar-refractivity contribution in [3.8, 4) is 0 Å². The van der Waals surface area contributed by atoms with Crippen molar-refractivity contribution in [2.75, 3.05) is 13.2 Å². The fraction of sp³-hybridized carbons (Fsp3) is 0.625. The Morgan fingerprint density at radius 3 is 2.90 bits per heavy atom. The molecule has 0 spiro atoms. The summed E-state index contributed by atoms with van der Waals surface area (Å²) in [6.45, 7) is 9.55. The van der Waals surface area contributed by atoms with Crippen molar-refractivity contribution in [3.63, 3.8) is 0 Å². The second kappa shape index (κ2) is 7.83. The second-order valence-corrected chi connectivity index (χ2v) is 7.99. The van der Waals surface area contributed by atoms with E-state index in [0.29, 0.717) is 17.3 Å². The smallest absolute Gasteiger partial charge is 0.0669 e. The first-order valence-electron chi connectivity index (χ1n) is 7.33. The number of hydrogen-bond donors (Lipinski definition) is 1. The Balaban J connectivity index is 2.03. The second-order valence-electron chi connectivity index (χ2n) is 5.80. The van der Waals surface area contributed by atoms with Crippen LogP contribution in [0.2, 0.25) is 0 Å². The van der Waals surface area contributed by atoms with Crippen LogP contribution in [0.3, 0.4) is 0 Å². The zero-order chi connectivity index (χ0) is 14.5. The van der Waals surface area contributed by atoms with Crippen LogP contribution < -0.4 is 5.32 Å². The van der Waals surface area contributed by atoms with E-state index in [4.69, 9.17) is 4.74 Å². The summed E-state index contributed by atoms with van der Waals surface area (Å²) < 4.78 is 6.82. The van der Waals surface area contributed by atoms with Crippen molar-refractivity contribution >= 4 is 27.7 Å². The first-order valence-corrected chi connectivity index (χ1v) is 9.01. The van der Waals surface area contributed by atoms with Crippen LogP contribution in [0, 0.1) is 5.92 Å². The highest BCUT2D eigenvalue weighted by molar-refractivity contribution is 9.10. The van der Waals surface area contributed by atoms with Gasteiger partial charge in [-0.3, -0.25) is 0 Å². The number of ether oxygens (including phenoxy) is 1. The third kappa shape index (κ3) is 4.76. The Labute approximate surface area is 135 Å². The molecule has 0 amide bonds. The van der Waals surface area contributed by atoms with E-state index in [9.17, 15) is 0 Å². The Kier molecular flexibility index (Phi) is 6.40. The van der Waals surface area contributed by atoms with E-state index in [2.05, 4.69) is 60.2 Å². The van der Waals surface area contributed by atoms with Gasteiger partial charge in [0.25, 0.3) is 0 Å². The third-order valence-electron chi connectivity index (χ3n) is 3.48. The number of nitrogens with one attached hydrogen (secondary N) is 1. The molecule has 1 aromatic rings. The average Bonchev–Trinajstić information content (AvgIpc) is 2.77. The first kappa shape index (κ1) is 16.3. The van der Waals surface area contributed by atoms with Gasteiger partial charge in [0.15, 0.2) is 0 Å². The van der Waals surface area contributed by atoms with Crippen molar-refractivity contribution in [1.82, 2.24) is 5.32 Å². The lowest BCUT2D eigenvalue weighted by Gasteiger charge is -2.17. The molecule has 1 fully saturated rings. The van der Waals surface area contributed by atoms with Crippen molar-refractivity contribution < 1.29 is 4.74 Å². The van der Waals surface area contributed by atoms with Gasteiger partial charge in [-0.05, 0) is 43.5 Å². The summed E-state index contributed by atoms with van der Waals surface area (Å²) in [7, 11) is 0. The molecule has 0 radical (unpaired) electrons. The van der Waals surface area contributed by atoms with Gasteiger partial charge >= 0.3 is 0 Å². The molecule has 1 aromatic carbocycles. The van der Waals surface area contributed by atoms with Crippen LogP contribution in [0.15, 0.2) is 27.6 Å². The maximum atomic E-state index is 5.67. The quantitative estimate of drug-likeness (QED) is 0.811. The average molecular weight is 358 g/mol. The van der Waals surface area contributed by atoms with E-state index in [-0.39, 0.29) is 0 Å². The molecule has 1 aliphatic rings. The standard InChI is InChI=1S/C16H24BrNOS/c1-11(2)9-18-10-13-4-5-14(17)8-16(13)20-15-6-7-19-12(15)3/h4-5,8,11-12,15,18H,6-7,9-10H2,1-3H3. The van der Waals surface area contributed by atoms with E-state index >= 15 is 0 Å². The van der Waals surface area contributed by atoms with Gasteiger partial charge in [-0.2, -0.15) is 0 Å². The van der Waals surface area contributed by atoms with E-state index in [1.54, 1.807) is 0 Å². The van der Waals surface area contributed by atoms with Crippen LogP contribution in [0.5, 0.6) is 0 Å². The normalized spacial score (nSPS) is 22.6. The van der Waals surface area contributed by atoms with Crippen molar-refractivity contribution in [3.05, 3.63) is 28.2 Å². The van der Waals surface area contributed by atoms with Gasteiger partial charge < -0.3 is 10.1 Å². The maximum absolute atomic E-state index is 5.67. The van der Waals surface area contributed by atoms with Crippen LogP contribution in [0.25, 0.3) is 0 Å². The molecule has 0 aromatic heterocycles. The summed E-state index contributed by atoms with van der Waals surface area (Å²) >= 11 is 5.55. The molecule has 2 atom stereocenters. The highest BCUT2D eigenvalue weighted by atomic mass is 79.9. The van der Waals surface area contributed by atoms with Gasteiger partial charge in [-0.1, -0.05) is 35.8 Å². The summed E-state index contributed by atoms with van der Waals surface area (Å²) in [6.07, 6.45) is 1.51. The summed E-state index contributed by atoms with van der Waals surface area (Å²) in [6, 6.07) is 6.59. The number of hydrogen-bond acceptors (Lipinski definition) is 3. The number of thioether (sulfide) groups is 1. The minimum atomic E-state index is 0.357. The van der Waals surface area contributed by atoms with Crippen molar-refractivity contribution in [1.29, 1.82) is 0 Å². The Morgan fingerprint density at radius 1 is 1.45 bits per heavy atom. The Bertz CT molecular complexity index is 438. The Morgan fingerprint density at radius 2 is 2.25 bits per heavy atom. The summed E-state index contributed by atoms with van der Waals surface area (Å²) in [5.41, 5.74) is 1.39. The predicted octanol–water partition coefficient (Wildman–Crippen LogP) is 4.46. The van der Waals surface area contributed by atoms with Crippen LogP contribution in [-0.4, -0.2) is 24.5 Å². The minimum Gasteiger partial charge on any atom is -0.377 e. The van der Waals surface area contributed by atoms with Gasteiger partial charge in [-0.15, -0.1) is 11.8 Å². The number of rotatable bonds is 6. The molecular weight excluding hydrogens is 334 g/mol. The molecule has 2 rings (SSSR count). The van der Waals surface area contributed by atoms with Gasteiger partial charge in [0.2, 0.25) is 0 Å². The molecule has 1 saturated heterocycles. The SMILES string of the molecule is CC(C)CNCc1ccc(Br)cc1SC1CCOC1C. The lowest BCUT2D eigenvalue weighted by atomic mass is 10.2. The number of benzene rings is 1. The highest BCUT2D eigenvalue weighted by Gasteiger charge is 2.25. The molecule has 0 saturated carbocycles. The van der Waals surface area contributed by atoms with Crippen molar-refractivity contribution in [2.24, 2.45) is 5.92 Å². The van der Waals surface area contributed by atoms with Crippen LogP contribution >= 0.6 is 27.7 Å². The van der Waals surface area contributed by atoms with Crippen LogP contribution in [0.1, 0.15) is 32.8 Å². The lowest BCUT2D eigenvalue weighted by molar-refractivity contribution is 0.127. The summed E-state index contributed by atoms with van der Waals surface area (Å²) in [5.74, 6) is 0.685. The van der Waals surface area contributed by atoms with Gasteiger partial charge in [0, 0.05) is 27.8 Å². The monoisotopic (exact) mass is 357 g/mol. The zero-order valence-electron chi connectivity index (χ0n) is 12.5. The van der Waals surface area contributed by atoms with Crippen molar-refractivity contribution in [2.45, 2.75) is 50.0 Å². The first-order chi connectivity index (χ1) is 9.56. The predicted molar refractivity (Wildman–Crippen MR) is 90.4 cm³/mol. The molecule has 2 unspecified atom stereocenters. The number of halogens is 1. The van der Waals surface area contributed by atoms with Gasteiger partial charge in [-0.25, -0.2) is 0 Å². The molecule has 4 heteroatoms. The molecule has 1 aliphatic heterocycles. The van der Waals surface area contributed by atoms with E-state index in [1.165, 1.54) is 10.5 Å². The third-order valence-corrected chi connectivity index (χ3v) is 5.53. The van der Waals surface area contributed by atoms with E-state index in [1.807, 2.05) is 11.8 Å². The molecule has 112 valence electrons. The summed E-state index contributed by atoms with van der Waals surface area (Å²) in [4.78, 5) is 1.37. The molecule has 0 bridgehead atoms. The van der Waals surface area contributed by atoms with Crippen LogP contribution in [0.4, 0.5) is 0 Å². The molecule has 20 heavy (non-hydrogen) atoms. The van der Waals surface area contributed by atoms with Crippen LogP contribution in [-0.2, 0) is 11.3 Å². The molecule has 0 aliphatic carbocycles. The summed E-state index contributed by atoms with van der Waals surface area (Å²) in [5, 5.41) is 4.11. The minimum absolute atomic E-state index is 0.357. The fourth-order valence-corrected chi connectivity index (χ4v) is 4.12. The van der Waals surface area contributed by atoms with Gasteiger partial charge in [0.05, 0.1) is 6.10 Å². The van der Waals surface area contributed by atoms with Gasteiger partial charge in [0.1, 0.15) is 0 Å². The lowest BCUT2D eigenvalue weighted by Crippen LogP contribution is -2.20. The van der Waals surface area contributed by atoms with E-state index in [0.717, 1.165) is 30.6 Å². The molecule has 1 N–H and O–H groups in total. The molecule has 1 heterocycles. The van der Waals surface area contributed by atoms with E-state index < -0.39 is 0 Å². The molecule has 2 nitrogen and oxygen atoms in total.